The Morgan fingerprint density at radius 2 is 2.17 bits per heavy atom. The number of carbonyl (C=O) groups is 1. The molecule has 1 aliphatic heterocycles. The van der Waals surface area contributed by atoms with E-state index in [9.17, 15) is 4.79 Å². The summed E-state index contributed by atoms with van der Waals surface area (Å²) in [4.78, 5) is 18.2. The summed E-state index contributed by atoms with van der Waals surface area (Å²) < 4.78 is 5.35. The number of hydrogen-bond acceptors (Lipinski definition) is 4. The average Bonchev–Trinajstić information content (AvgIpc) is 2.90. The first-order valence-electron chi connectivity index (χ1n) is 7.91. The van der Waals surface area contributed by atoms with E-state index in [1.807, 2.05) is 27.7 Å². The molecule has 1 amide bonds. The second-order valence-corrected chi connectivity index (χ2v) is 7.33. The van der Waals surface area contributed by atoms with Crippen LogP contribution in [0.2, 0.25) is 0 Å². The SMILES string of the molecule is CCNC(=NCc1ccsc1)NC1CN(C(=O)OC(C)(C)C)C1.I. The zero-order valence-corrected chi connectivity index (χ0v) is 17.8. The molecule has 2 rings (SSSR count). The molecule has 0 spiro atoms. The molecule has 0 atom stereocenters. The highest BCUT2D eigenvalue weighted by molar-refractivity contribution is 14.0. The molecule has 1 aliphatic rings. The van der Waals surface area contributed by atoms with Crippen molar-refractivity contribution in [3.8, 4) is 0 Å². The smallest absolute Gasteiger partial charge is 0.410 e. The quantitative estimate of drug-likeness (QED) is 0.407. The third-order valence-corrected chi connectivity index (χ3v) is 3.95. The molecule has 24 heavy (non-hydrogen) atoms. The Morgan fingerprint density at radius 1 is 1.46 bits per heavy atom. The Bertz CT molecular complexity index is 537. The second-order valence-electron chi connectivity index (χ2n) is 6.55. The van der Waals surface area contributed by atoms with Gasteiger partial charge in [0.1, 0.15) is 5.60 Å². The minimum atomic E-state index is -0.452. The molecular weight excluding hydrogens is 439 g/mol. The van der Waals surface area contributed by atoms with Crippen LogP contribution in [0.25, 0.3) is 0 Å². The maximum atomic E-state index is 11.9. The number of halogens is 1. The van der Waals surface area contributed by atoms with E-state index in [2.05, 4.69) is 32.5 Å². The number of carbonyl (C=O) groups excluding carboxylic acids is 1. The van der Waals surface area contributed by atoms with Crippen LogP contribution >= 0.6 is 35.3 Å². The Labute approximate surface area is 165 Å². The number of rotatable bonds is 4. The number of aliphatic imine (C=N–C) groups is 1. The number of thiophene rings is 1. The molecule has 0 radical (unpaired) electrons. The van der Waals surface area contributed by atoms with Gasteiger partial charge in [-0.25, -0.2) is 9.79 Å². The summed E-state index contributed by atoms with van der Waals surface area (Å²) in [6.07, 6.45) is -0.254. The lowest BCUT2D eigenvalue weighted by molar-refractivity contribution is 0.00701. The van der Waals surface area contributed by atoms with Crippen molar-refractivity contribution < 1.29 is 9.53 Å². The van der Waals surface area contributed by atoms with Gasteiger partial charge in [0.25, 0.3) is 0 Å². The minimum absolute atomic E-state index is 0. The fraction of sp³-hybridized carbons (Fsp3) is 0.625. The molecule has 1 saturated heterocycles. The minimum Gasteiger partial charge on any atom is -0.444 e. The van der Waals surface area contributed by atoms with Crippen LogP contribution in [0.5, 0.6) is 0 Å². The van der Waals surface area contributed by atoms with E-state index >= 15 is 0 Å². The van der Waals surface area contributed by atoms with Crippen LogP contribution in [0.3, 0.4) is 0 Å². The number of nitrogens with zero attached hydrogens (tertiary/aromatic N) is 2. The van der Waals surface area contributed by atoms with Gasteiger partial charge in [0, 0.05) is 19.6 Å². The van der Waals surface area contributed by atoms with E-state index in [1.54, 1.807) is 16.2 Å². The molecule has 0 bridgehead atoms. The predicted octanol–water partition coefficient (Wildman–Crippen LogP) is 3.04. The lowest BCUT2D eigenvalue weighted by Gasteiger charge is -2.40. The van der Waals surface area contributed by atoms with E-state index in [4.69, 9.17) is 4.74 Å². The van der Waals surface area contributed by atoms with E-state index in [-0.39, 0.29) is 36.1 Å². The molecular formula is C16H27IN4O2S. The zero-order valence-electron chi connectivity index (χ0n) is 14.7. The number of ether oxygens (including phenoxy) is 1. The molecule has 1 fully saturated rings. The summed E-state index contributed by atoms with van der Waals surface area (Å²) in [5.74, 6) is 0.785. The summed E-state index contributed by atoms with van der Waals surface area (Å²) in [7, 11) is 0. The maximum Gasteiger partial charge on any atom is 0.410 e. The monoisotopic (exact) mass is 466 g/mol. The normalized spacial score (nSPS) is 15.3. The number of hydrogen-bond donors (Lipinski definition) is 2. The van der Waals surface area contributed by atoms with Crippen LogP contribution in [0.15, 0.2) is 21.8 Å². The van der Waals surface area contributed by atoms with Gasteiger partial charge in [-0.3, -0.25) is 0 Å². The predicted molar refractivity (Wildman–Crippen MR) is 109 cm³/mol. The van der Waals surface area contributed by atoms with Gasteiger partial charge in [0.15, 0.2) is 5.96 Å². The van der Waals surface area contributed by atoms with Crippen molar-refractivity contribution in [2.45, 2.75) is 45.9 Å². The van der Waals surface area contributed by atoms with Crippen LogP contribution in [0.1, 0.15) is 33.3 Å². The van der Waals surface area contributed by atoms with Gasteiger partial charge in [0.05, 0.1) is 12.6 Å². The molecule has 136 valence electrons. The first-order chi connectivity index (χ1) is 10.9. The van der Waals surface area contributed by atoms with Gasteiger partial charge in [0.2, 0.25) is 0 Å². The van der Waals surface area contributed by atoms with Crippen molar-refractivity contribution in [1.82, 2.24) is 15.5 Å². The van der Waals surface area contributed by atoms with Crippen molar-refractivity contribution in [3.63, 3.8) is 0 Å². The summed E-state index contributed by atoms with van der Waals surface area (Å²) in [6, 6.07) is 2.29. The molecule has 2 heterocycles. The van der Waals surface area contributed by atoms with Gasteiger partial charge < -0.3 is 20.3 Å². The summed E-state index contributed by atoms with van der Waals surface area (Å²) in [5, 5.41) is 10.7. The first kappa shape index (κ1) is 21.0. The van der Waals surface area contributed by atoms with Crippen LogP contribution < -0.4 is 10.6 Å². The van der Waals surface area contributed by atoms with Crippen molar-refractivity contribution in [1.29, 1.82) is 0 Å². The van der Waals surface area contributed by atoms with E-state index in [0.717, 1.165) is 12.5 Å². The van der Waals surface area contributed by atoms with Crippen molar-refractivity contribution >= 4 is 47.4 Å². The van der Waals surface area contributed by atoms with Gasteiger partial charge >= 0.3 is 6.09 Å². The van der Waals surface area contributed by atoms with Gasteiger partial charge in [-0.15, -0.1) is 24.0 Å². The van der Waals surface area contributed by atoms with Crippen molar-refractivity contribution in [3.05, 3.63) is 22.4 Å². The third kappa shape index (κ3) is 6.84. The number of guanidine groups is 1. The van der Waals surface area contributed by atoms with Crippen LogP contribution in [0.4, 0.5) is 4.79 Å². The number of amides is 1. The fourth-order valence-electron chi connectivity index (χ4n) is 2.11. The van der Waals surface area contributed by atoms with Crippen LogP contribution in [0, 0.1) is 0 Å². The molecule has 0 aliphatic carbocycles. The molecule has 1 aromatic heterocycles. The highest BCUT2D eigenvalue weighted by Gasteiger charge is 2.34. The zero-order chi connectivity index (χ0) is 16.9. The Morgan fingerprint density at radius 3 is 2.71 bits per heavy atom. The Balaban J connectivity index is 0.00000288. The molecule has 0 saturated carbocycles. The molecule has 0 aromatic carbocycles. The van der Waals surface area contributed by atoms with Crippen molar-refractivity contribution in [2.75, 3.05) is 19.6 Å². The van der Waals surface area contributed by atoms with Crippen LogP contribution in [-0.4, -0.2) is 48.2 Å². The third-order valence-electron chi connectivity index (χ3n) is 3.22. The van der Waals surface area contributed by atoms with Gasteiger partial charge in [-0.2, -0.15) is 11.3 Å². The van der Waals surface area contributed by atoms with Gasteiger partial charge in [-0.1, -0.05) is 0 Å². The fourth-order valence-corrected chi connectivity index (χ4v) is 2.77. The highest BCUT2D eigenvalue weighted by Crippen LogP contribution is 2.15. The standard InChI is InChI=1S/C16H26N4O2S.HI/c1-5-17-14(18-8-12-6-7-23-11-12)19-13-9-20(10-13)15(21)22-16(2,3)4;/h6-7,11,13H,5,8-10H2,1-4H3,(H2,17,18,19);1H. The maximum absolute atomic E-state index is 11.9. The second kappa shape index (κ2) is 9.45. The lowest BCUT2D eigenvalue weighted by Crippen LogP contribution is -2.63. The Hall–Kier alpha value is -1.03. The molecule has 8 heteroatoms. The topological polar surface area (TPSA) is 66.0 Å². The Kier molecular flexibility index (Phi) is 8.28. The molecule has 0 unspecified atom stereocenters. The highest BCUT2D eigenvalue weighted by atomic mass is 127. The largest absolute Gasteiger partial charge is 0.444 e. The first-order valence-corrected chi connectivity index (χ1v) is 8.85. The number of likely N-dealkylation sites (tertiary alicyclic amines) is 1. The summed E-state index contributed by atoms with van der Waals surface area (Å²) in [6.45, 7) is 10.4. The summed E-state index contributed by atoms with van der Waals surface area (Å²) in [5.41, 5.74) is 0.753. The molecule has 6 nitrogen and oxygen atoms in total. The van der Waals surface area contributed by atoms with E-state index < -0.39 is 5.60 Å². The molecule has 1 aromatic rings. The summed E-state index contributed by atoms with van der Waals surface area (Å²) >= 11 is 1.67. The van der Waals surface area contributed by atoms with E-state index in [0.29, 0.717) is 19.6 Å². The van der Waals surface area contributed by atoms with Crippen molar-refractivity contribution in [2.24, 2.45) is 4.99 Å². The lowest BCUT2D eigenvalue weighted by atomic mass is 10.1. The van der Waals surface area contributed by atoms with E-state index in [1.165, 1.54) is 5.56 Å². The van der Waals surface area contributed by atoms with Crippen LogP contribution in [-0.2, 0) is 11.3 Å². The number of nitrogens with one attached hydrogen (secondary N) is 2. The molecule has 2 N–H and O–H groups in total. The average molecular weight is 466 g/mol. The van der Waals surface area contributed by atoms with Gasteiger partial charge in [-0.05, 0) is 50.1 Å².